The van der Waals surface area contributed by atoms with Crippen molar-refractivity contribution < 1.29 is 9.90 Å². The highest BCUT2D eigenvalue weighted by molar-refractivity contribution is 5.65. The molecule has 0 aromatic heterocycles. The monoisotopic (exact) mass is 338 g/mol. The molecule has 4 nitrogen and oxygen atoms in total. The van der Waals surface area contributed by atoms with Crippen molar-refractivity contribution in [1.82, 2.24) is 10.6 Å². The molecule has 0 radical (unpaired) electrons. The standard InChI is InChI=1S/C21H26N2O2/c1-15-7-5-6-10-17(15)18-11-12-22-14-19(18)20(23-21(24)25)13-16-8-3-2-4-9-16/h2-10,18-20,22-23H,11-14H2,1H3,(H,24,25). The van der Waals surface area contributed by atoms with Crippen molar-refractivity contribution in [1.29, 1.82) is 0 Å². The Morgan fingerprint density at radius 2 is 1.92 bits per heavy atom. The van der Waals surface area contributed by atoms with Crippen molar-refractivity contribution in [2.75, 3.05) is 13.1 Å². The molecule has 2 aromatic carbocycles. The van der Waals surface area contributed by atoms with E-state index in [2.05, 4.69) is 54.0 Å². The highest BCUT2D eigenvalue weighted by atomic mass is 16.4. The molecule has 3 rings (SSSR count). The van der Waals surface area contributed by atoms with Gasteiger partial charge in [-0.25, -0.2) is 4.79 Å². The van der Waals surface area contributed by atoms with Gasteiger partial charge in [0.05, 0.1) is 0 Å². The number of carbonyl (C=O) groups is 1. The molecule has 3 atom stereocenters. The van der Waals surface area contributed by atoms with Gasteiger partial charge in [-0.2, -0.15) is 0 Å². The number of rotatable bonds is 5. The van der Waals surface area contributed by atoms with Gasteiger partial charge in [0.2, 0.25) is 0 Å². The zero-order chi connectivity index (χ0) is 17.6. The number of carboxylic acid groups (broad SMARTS) is 1. The second-order valence-electron chi connectivity index (χ2n) is 6.87. The summed E-state index contributed by atoms with van der Waals surface area (Å²) in [7, 11) is 0. The Labute approximate surface area is 149 Å². The lowest BCUT2D eigenvalue weighted by atomic mass is 9.74. The van der Waals surface area contributed by atoms with Crippen molar-refractivity contribution in [2.24, 2.45) is 5.92 Å². The first kappa shape index (κ1) is 17.5. The Hall–Kier alpha value is -2.33. The van der Waals surface area contributed by atoms with Crippen molar-refractivity contribution in [3.63, 3.8) is 0 Å². The molecule has 0 bridgehead atoms. The van der Waals surface area contributed by atoms with E-state index >= 15 is 0 Å². The summed E-state index contributed by atoms with van der Waals surface area (Å²) in [6.07, 6.45) is 0.791. The van der Waals surface area contributed by atoms with Gasteiger partial charge in [0.15, 0.2) is 0 Å². The van der Waals surface area contributed by atoms with Gasteiger partial charge in [-0.15, -0.1) is 0 Å². The maximum Gasteiger partial charge on any atom is 0.404 e. The van der Waals surface area contributed by atoms with Crippen LogP contribution >= 0.6 is 0 Å². The van der Waals surface area contributed by atoms with Crippen LogP contribution in [0, 0.1) is 12.8 Å². The zero-order valence-electron chi connectivity index (χ0n) is 14.6. The van der Waals surface area contributed by atoms with Crippen molar-refractivity contribution >= 4 is 6.09 Å². The van der Waals surface area contributed by atoms with Crippen molar-refractivity contribution in [3.8, 4) is 0 Å². The van der Waals surface area contributed by atoms with Gasteiger partial charge in [0, 0.05) is 12.6 Å². The second-order valence-corrected chi connectivity index (χ2v) is 6.87. The van der Waals surface area contributed by atoms with Crippen LogP contribution < -0.4 is 10.6 Å². The maximum atomic E-state index is 11.4. The van der Waals surface area contributed by atoms with Crippen LogP contribution in [0.2, 0.25) is 0 Å². The summed E-state index contributed by atoms with van der Waals surface area (Å²) < 4.78 is 0. The fourth-order valence-electron chi connectivity index (χ4n) is 4.03. The van der Waals surface area contributed by atoms with E-state index in [-0.39, 0.29) is 12.0 Å². The largest absolute Gasteiger partial charge is 0.465 e. The number of hydrogen-bond donors (Lipinski definition) is 3. The molecule has 3 N–H and O–H groups in total. The molecule has 2 aromatic rings. The summed E-state index contributed by atoms with van der Waals surface area (Å²) in [5.74, 6) is 0.592. The first-order valence-electron chi connectivity index (χ1n) is 8.95. The molecule has 1 aliphatic heterocycles. The van der Waals surface area contributed by atoms with Crippen LogP contribution in [0.5, 0.6) is 0 Å². The summed E-state index contributed by atoms with van der Waals surface area (Å²) in [5, 5.41) is 15.6. The van der Waals surface area contributed by atoms with Crippen molar-refractivity contribution in [3.05, 3.63) is 71.3 Å². The van der Waals surface area contributed by atoms with Crippen LogP contribution in [0.1, 0.15) is 29.0 Å². The molecular formula is C21H26N2O2. The normalized spacial score (nSPS) is 21.5. The summed E-state index contributed by atoms with van der Waals surface area (Å²) in [6, 6.07) is 18.5. The van der Waals surface area contributed by atoms with E-state index in [0.29, 0.717) is 12.3 Å². The lowest BCUT2D eigenvalue weighted by molar-refractivity contribution is 0.175. The van der Waals surface area contributed by atoms with Crippen LogP contribution in [-0.4, -0.2) is 30.3 Å². The van der Waals surface area contributed by atoms with E-state index in [1.807, 2.05) is 18.2 Å². The van der Waals surface area contributed by atoms with Gasteiger partial charge in [0.25, 0.3) is 0 Å². The molecule has 1 fully saturated rings. The predicted octanol–water partition coefficient (Wildman–Crippen LogP) is 3.57. The average molecular weight is 338 g/mol. The van der Waals surface area contributed by atoms with Crippen LogP contribution in [0.25, 0.3) is 0 Å². The minimum absolute atomic E-state index is 0.114. The number of aryl methyl sites for hydroxylation is 1. The smallest absolute Gasteiger partial charge is 0.404 e. The van der Waals surface area contributed by atoms with Gasteiger partial charge in [0.1, 0.15) is 0 Å². The van der Waals surface area contributed by atoms with Crippen LogP contribution in [0.15, 0.2) is 54.6 Å². The molecule has 4 heteroatoms. The third kappa shape index (κ3) is 4.40. The van der Waals surface area contributed by atoms with E-state index in [0.717, 1.165) is 25.1 Å². The predicted molar refractivity (Wildman–Crippen MR) is 100.0 cm³/mol. The zero-order valence-corrected chi connectivity index (χ0v) is 14.6. The first-order chi connectivity index (χ1) is 12.1. The average Bonchev–Trinajstić information content (AvgIpc) is 2.62. The summed E-state index contributed by atoms with van der Waals surface area (Å²) >= 11 is 0. The van der Waals surface area contributed by atoms with E-state index < -0.39 is 6.09 Å². The fourth-order valence-corrected chi connectivity index (χ4v) is 4.03. The molecule has 1 heterocycles. The van der Waals surface area contributed by atoms with Gasteiger partial charge in [-0.3, -0.25) is 0 Å². The van der Waals surface area contributed by atoms with Crippen LogP contribution in [-0.2, 0) is 6.42 Å². The third-order valence-electron chi connectivity index (χ3n) is 5.24. The third-order valence-corrected chi connectivity index (χ3v) is 5.24. The molecule has 0 saturated carbocycles. The number of piperidine rings is 1. The molecule has 1 saturated heterocycles. The second kappa shape index (κ2) is 8.17. The number of benzene rings is 2. The minimum Gasteiger partial charge on any atom is -0.465 e. The summed E-state index contributed by atoms with van der Waals surface area (Å²) in [6.45, 7) is 3.95. The Morgan fingerprint density at radius 1 is 1.20 bits per heavy atom. The van der Waals surface area contributed by atoms with E-state index in [1.54, 1.807) is 0 Å². The Bertz CT molecular complexity index is 702. The quantitative estimate of drug-likeness (QED) is 0.781. The molecule has 1 amide bonds. The van der Waals surface area contributed by atoms with Gasteiger partial charge >= 0.3 is 6.09 Å². The van der Waals surface area contributed by atoms with Gasteiger partial charge in [-0.1, -0.05) is 54.6 Å². The molecule has 3 unspecified atom stereocenters. The molecule has 25 heavy (non-hydrogen) atoms. The Morgan fingerprint density at radius 3 is 2.64 bits per heavy atom. The summed E-state index contributed by atoms with van der Waals surface area (Å²) in [5.41, 5.74) is 3.79. The molecule has 132 valence electrons. The Kier molecular flexibility index (Phi) is 5.71. The SMILES string of the molecule is Cc1ccccc1C1CCNCC1C(Cc1ccccc1)NC(=O)O. The highest BCUT2D eigenvalue weighted by Gasteiger charge is 2.34. The molecule has 0 spiro atoms. The molecular weight excluding hydrogens is 312 g/mol. The fraction of sp³-hybridized carbons (Fsp3) is 0.381. The van der Waals surface area contributed by atoms with E-state index in [1.165, 1.54) is 11.1 Å². The molecule has 0 aliphatic carbocycles. The van der Waals surface area contributed by atoms with Crippen LogP contribution in [0.3, 0.4) is 0 Å². The van der Waals surface area contributed by atoms with E-state index in [4.69, 9.17) is 0 Å². The van der Waals surface area contributed by atoms with Gasteiger partial charge in [-0.05, 0) is 54.8 Å². The summed E-state index contributed by atoms with van der Waals surface area (Å²) in [4.78, 5) is 11.4. The van der Waals surface area contributed by atoms with Crippen LogP contribution in [0.4, 0.5) is 4.79 Å². The van der Waals surface area contributed by atoms with Gasteiger partial charge < -0.3 is 15.7 Å². The number of amides is 1. The first-order valence-corrected chi connectivity index (χ1v) is 8.95. The number of nitrogens with one attached hydrogen (secondary N) is 2. The number of hydrogen-bond acceptors (Lipinski definition) is 2. The Balaban J connectivity index is 1.88. The maximum absolute atomic E-state index is 11.4. The highest BCUT2D eigenvalue weighted by Crippen LogP contribution is 2.35. The van der Waals surface area contributed by atoms with E-state index in [9.17, 15) is 9.90 Å². The minimum atomic E-state index is -0.949. The lowest BCUT2D eigenvalue weighted by Gasteiger charge is -2.38. The lowest BCUT2D eigenvalue weighted by Crippen LogP contribution is -2.50. The van der Waals surface area contributed by atoms with Crippen molar-refractivity contribution in [2.45, 2.75) is 31.7 Å². The molecule has 1 aliphatic rings. The topological polar surface area (TPSA) is 61.4 Å².